The van der Waals surface area contributed by atoms with Crippen LogP contribution in [0.5, 0.6) is 0 Å². The predicted molar refractivity (Wildman–Crippen MR) is 98.3 cm³/mol. The molecule has 25 heavy (non-hydrogen) atoms. The van der Waals surface area contributed by atoms with Gasteiger partial charge in [-0.25, -0.2) is 0 Å². The van der Waals surface area contributed by atoms with Crippen molar-refractivity contribution >= 4 is 39.7 Å². The van der Waals surface area contributed by atoms with Gasteiger partial charge in [0.15, 0.2) is 0 Å². The molecule has 8 heteroatoms. The number of nitrogens with zero attached hydrogens (tertiary/aromatic N) is 2. The van der Waals surface area contributed by atoms with Crippen LogP contribution in [0.1, 0.15) is 6.92 Å². The van der Waals surface area contributed by atoms with Gasteiger partial charge in [0.25, 0.3) is 10.0 Å². The van der Waals surface area contributed by atoms with Crippen LogP contribution in [0, 0.1) is 0 Å². The standard InChI is InChI=1S/C17H18ClN2O4S/c1-3-24-17(21)20(2,14-9-5-4-6-10-14)13-19-25(22,23)16-12-8-7-11-15(16)18/h4-13H,3H2,1-2H3/q+1/b19-13+. The average molecular weight is 382 g/mol. The number of para-hydroxylation sites is 1. The first kappa shape index (κ1) is 19.1. The molecule has 0 aromatic heterocycles. The molecule has 0 saturated heterocycles. The third-order valence-electron chi connectivity index (χ3n) is 3.47. The van der Waals surface area contributed by atoms with E-state index in [1.165, 1.54) is 19.2 Å². The molecule has 0 aliphatic heterocycles. The molecule has 2 rings (SSSR count). The summed E-state index contributed by atoms with van der Waals surface area (Å²) in [6.07, 6.45) is 0.387. The fraction of sp³-hybridized carbons (Fsp3) is 0.176. The van der Waals surface area contributed by atoms with Gasteiger partial charge in [-0.2, -0.15) is 13.2 Å². The van der Waals surface area contributed by atoms with Crippen molar-refractivity contribution in [3.8, 4) is 0 Å². The molecule has 2 aromatic carbocycles. The number of carbonyl (C=O) groups is 1. The second-order valence-corrected chi connectivity index (χ2v) is 7.24. The van der Waals surface area contributed by atoms with Gasteiger partial charge in [0.2, 0.25) is 6.34 Å². The fourth-order valence-electron chi connectivity index (χ4n) is 2.08. The molecule has 132 valence electrons. The van der Waals surface area contributed by atoms with Gasteiger partial charge in [-0.05, 0) is 19.1 Å². The molecule has 1 amide bonds. The summed E-state index contributed by atoms with van der Waals surface area (Å²) in [7, 11) is -2.57. The van der Waals surface area contributed by atoms with Crippen molar-refractivity contribution in [1.29, 1.82) is 0 Å². The van der Waals surface area contributed by atoms with E-state index in [4.69, 9.17) is 16.3 Å². The SMILES string of the molecule is CCOC(=O)[N+](C)(/C=N/S(=O)(=O)c1ccccc1Cl)c1ccccc1. The van der Waals surface area contributed by atoms with Gasteiger partial charge < -0.3 is 4.74 Å². The van der Waals surface area contributed by atoms with Crippen molar-refractivity contribution in [2.45, 2.75) is 11.8 Å². The van der Waals surface area contributed by atoms with Crippen molar-refractivity contribution in [2.75, 3.05) is 13.7 Å². The van der Waals surface area contributed by atoms with Gasteiger partial charge in [0.1, 0.15) is 10.6 Å². The molecule has 0 aliphatic carbocycles. The van der Waals surface area contributed by atoms with E-state index < -0.39 is 20.6 Å². The first-order valence-corrected chi connectivity index (χ1v) is 9.28. The van der Waals surface area contributed by atoms with Gasteiger partial charge in [-0.1, -0.05) is 41.9 Å². The molecule has 0 radical (unpaired) electrons. The second-order valence-electron chi connectivity index (χ2n) is 5.24. The maximum Gasteiger partial charge on any atom is 0.527 e. The van der Waals surface area contributed by atoms with Gasteiger partial charge >= 0.3 is 6.09 Å². The Kier molecular flexibility index (Phi) is 5.94. The number of rotatable bonds is 5. The zero-order chi connectivity index (χ0) is 18.5. The molecule has 0 fully saturated rings. The lowest BCUT2D eigenvalue weighted by Gasteiger charge is -2.24. The van der Waals surface area contributed by atoms with Crippen LogP contribution in [0.2, 0.25) is 5.02 Å². The number of benzene rings is 2. The predicted octanol–water partition coefficient (Wildman–Crippen LogP) is 3.85. The molecule has 0 N–H and O–H groups in total. The molecule has 0 spiro atoms. The van der Waals surface area contributed by atoms with Crippen LogP contribution in [-0.4, -0.2) is 34.5 Å². The summed E-state index contributed by atoms with van der Waals surface area (Å²) in [5.74, 6) is 0. The van der Waals surface area contributed by atoms with E-state index in [-0.39, 0.29) is 16.5 Å². The largest absolute Gasteiger partial charge is 0.527 e. The molecule has 1 unspecified atom stereocenters. The first-order valence-electron chi connectivity index (χ1n) is 7.46. The third-order valence-corrected chi connectivity index (χ3v) is 5.20. The Morgan fingerprint density at radius 2 is 1.76 bits per heavy atom. The van der Waals surface area contributed by atoms with Crippen LogP contribution in [0.4, 0.5) is 10.5 Å². The van der Waals surface area contributed by atoms with Crippen molar-refractivity contribution in [1.82, 2.24) is 4.48 Å². The Balaban J connectivity index is 2.48. The summed E-state index contributed by atoms with van der Waals surface area (Å²) in [5, 5.41) is 0.0599. The molecular formula is C17H18ClN2O4S+. The quantitative estimate of drug-likeness (QED) is 0.448. The lowest BCUT2D eigenvalue weighted by molar-refractivity contribution is 0.135. The normalized spacial score (nSPS) is 14.2. The van der Waals surface area contributed by atoms with Crippen molar-refractivity contribution < 1.29 is 17.9 Å². The smallest absolute Gasteiger partial charge is 0.420 e. The zero-order valence-corrected chi connectivity index (χ0v) is 15.4. The van der Waals surface area contributed by atoms with Crippen molar-refractivity contribution in [3.63, 3.8) is 0 Å². The Morgan fingerprint density at radius 1 is 1.16 bits per heavy atom. The highest BCUT2D eigenvalue weighted by Crippen LogP contribution is 2.24. The van der Waals surface area contributed by atoms with Crippen LogP contribution in [0.25, 0.3) is 0 Å². The monoisotopic (exact) mass is 381 g/mol. The molecule has 1 atom stereocenters. The van der Waals surface area contributed by atoms with Gasteiger partial charge in [-0.15, -0.1) is 8.88 Å². The summed E-state index contributed by atoms with van der Waals surface area (Å²) in [6, 6.07) is 14.6. The average Bonchev–Trinajstić information content (AvgIpc) is 2.61. The topological polar surface area (TPSA) is 72.8 Å². The Morgan fingerprint density at radius 3 is 2.36 bits per heavy atom. The number of ether oxygens (including phenoxy) is 1. The highest BCUT2D eigenvalue weighted by Gasteiger charge is 2.36. The number of amides is 1. The Bertz CT molecular complexity index is 885. The molecule has 0 aliphatic rings. The maximum atomic E-state index is 12.5. The molecule has 0 saturated carbocycles. The zero-order valence-electron chi connectivity index (χ0n) is 13.8. The summed E-state index contributed by atoms with van der Waals surface area (Å²) < 4.78 is 33.1. The van der Waals surface area contributed by atoms with Crippen LogP contribution >= 0.6 is 11.6 Å². The minimum atomic E-state index is -4.07. The number of halogens is 1. The van der Waals surface area contributed by atoms with E-state index in [1.54, 1.807) is 49.4 Å². The fourth-order valence-corrected chi connectivity index (χ4v) is 3.50. The van der Waals surface area contributed by atoms with E-state index in [0.717, 1.165) is 6.34 Å². The minimum absolute atomic E-state index is 0.0599. The summed E-state index contributed by atoms with van der Waals surface area (Å²) >= 11 is 5.94. The van der Waals surface area contributed by atoms with Crippen LogP contribution < -0.4 is 4.48 Å². The molecular weight excluding hydrogens is 364 g/mol. The van der Waals surface area contributed by atoms with E-state index in [2.05, 4.69) is 4.40 Å². The number of sulfonamides is 1. The van der Waals surface area contributed by atoms with Crippen LogP contribution in [-0.2, 0) is 14.8 Å². The Hall–Kier alpha value is -2.22. The van der Waals surface area contributed by atoms with Crippen LogP contribution in [0.15, 0.2) is 63.9 Å². The van der Waals surface area contributed by atoms with Crippen molar-refractivity contribution in [2.24, 2.45) is 4.40 Å². The van der Waals surface area contributed by atoms with Crippen LogP contribution in [0.3, 0.4) is 0 Å². The minimum Gasteiger partial charge on any atom is -0.420 e. The highest BCUT2D eigenvalue weighted by atomic mass is 35.5. The van der Waals surface area contributed by atoms with E-state index in [0.29, 0.717) is 5.69 Å². The summed E-state index contributed by atoms with van der Waals surface area (Å²) in [6.45, 7) is 1.83. The number of carbonyl (C=O) groups excluding carboxylic acids is 1. The molecule has 2 aromatic rings. The van der Waals surface area contributed by atoms with E-state index in [1.807, 2.05) is 0 Å². The van der Waals surface area contributed by atoms with Gasteiger partial charge in [-0.3, -0.25) is 0 Å². The summed E-state index contributed by atoms with van der Waals surface area (Å²) in [4.78, 5) is 12.3. The first-order chi connectivity index (χ1) is 11.8. The highest BCUT2D eigenvalue weighted by molar-refractivity contribution is 7.90. The number of quaternary nitrogens is 1. The molecule has 0 heterocycles. The Labute approximate surface area is 152 Å². The number of hydrogen-bond donors (Lipinski definition) is 0. The summed E-state index contributed by atoms with van der Waals surface area (Å²) in [5.41, 5.74) is 0.513. The second kappa shape index (κ2) is 7.77. The van der Waals surface area contributed by atoms with E-state index in [9.17, 15) is 13.2 Å². The lowest BCUT2D eigenvalue weighted by Crippen LogP contribution is -2.50. The molecule has 6 nitrogen and oxygen atoms in total. The van der Waals surface area contributed by atoms with Gasteiger partial charge in [0.05, 0.1) is 18.7 Å². The van der Waals surface area contributed by atoms with E-state index >= 15 is 0 Å². The third kappa shape index (κ3) is 4.25. The van der Waals surface area contributed by atoms with Crippen molar-refractivity contribution in [3.05, 3.63) is 59.6 Å². The number of hydrogen-bond acceptors (Lipinski definition) is 4. The van der Waals surface area contributed by atoms with Gasteiger partial charge in [0, 0.05) is 12.1 Å². The maximum absolute atomic E-state index is 12.5. The lowest BCUT2D eigenvalue weighted by atomic mass is 10.3. The molecule has 0 bridgehead atoms.